The van der Waals surface area contributed by atoms with Crippen molar-refractivity contribution < 1.29 is 14.4 Å². The SMILES string of the molecule is Cc1ccc(NC(=O)c2cccc(N3C(=O)[C@@H]4[C@@H]5CC[C@@H](C5)[C@@H]4C3=O)c2)cc1C. The number of hydrogen-bond donors (Lipinski definition) is 1. The highest BCUT2D eigenvalue weighted by Crippen LogP contribution is 2.56. The highest BCUT2D eigenvalue weighted by atomic mass is 16.2. The summed E-state index contributed by atoms with van der Waals surface area (Å²) in [6.45, 7) is 4.02. The first kappa shape index (κ1) is 18.1. The Morgan fingerprint density at radius 1 is 0.931 bits per heavy atom. The summed E-state index contributed by atoms with van der Waals surface area (Å²) in [4.78, 5) is 40.1. The average molecular weight is 388 g/mol. The lowest BCUT2D eigenvalue weighted by atomic mass is 9.81. The number of carbonyl (C=O) groups excluding carboxylic acids is 3. The van der Waals surface area contributed by atoms with Crippen molar-refractivity contribution in [2.75, 3.05) is 10.2 Å². The number of nitrogens with one attached hydrogen (secondary N) is 1. The van der Waals surface area contributed by atoms with E-state index in [1.54, 1.807) is 24.3 Å². The molecule has 2 bridgehead atoms. The molecule has 0 aromatic heterocycles. The number of anilines is 2. The average Bonchev–Trinajstić information content (AvgIpc) is 3.38. The Hall–Kier alpha value is -2.95. The van der Waals surface area contributed by atoms with Gasteiger partial charge < -0.3 is 5.32 Å². The van der Waals surface area contributed by atoms with Crippen LogP contribution in [0.1, 0.15) is 40.7 Å². The first-order valence-corrected chi connectivity index (χ1v) is 10.3. The van der Waals surface area contributed by atoms with E-state index < -0.39 is 0 Å². The van der Waals surface area contributed by atoms with Crippen molar-refractivity contribution in [2.45, 2.75) is 33.1 Å². The van der Waals surface area contributed by atoms with E-state index in [9.17, 15) is 14.4 Å². The Kier molecular flexibility index (Phi) is 4.09. The van der Waals surface area contributed by atoms with Gasteiger partial charge in [0.25, 0.3) is 5.91 Å². The maximum Gasteiger partial charge on any atom is 0.255 e. The lowest BCUT2D eigenvalue weighted by Crippen LogP contribution is -2.33. The van der Waals surface area contributed by atoms with Crippen molar-refractivity contribution in [3.8, 4) is 0 Å². The molecule has 4 atom stereocenters. The van der Waals surface area contributed by atoms with Gasteiger partial charge >= 0.3 is 0 Å². The molecule has 5 nitrogen and oxygen atoms in total. The summed E-state index contributed by atoms with van der Waals surface area (Å²) < 4.78 is 0. The number of hydrogen-bond acceptors (Lipinski definition) is 3. The summed E-state index contributed by atoms with van der Waals surface area (Å²) in [6, 6.07) is 12.6. The number of imide groups is 1. The monoisotopic (exact) mass is 388 g/mol. The van der Waals surface area contributed by atoms with Crippen LogP contribution in [0, 0.1) is 37.5 Å². The van der Waals surface area contributed by atoms with Crippen molar-refractivity contribution in [1.29, 1.82) is 0 Å². The molecule has 3 amide bonds. The smallest absolute Gasteiger partial charge is 0.255 e. The van der Waals surface area contributed by atoms with Crippen LogP contribution in [-0.4, -0.2) is 17.7 Å². The van der Waals surface area contributed by atoms with Gasteiger partial charge in [-0.3, -0.25) is 19.3 Å². The van der Waals surface area contributed by atoms with E-state index in [1.165, 1.54) is 4.90 Å². The number of aryl methyl sites for hydroxylation is 2. The molecule has 5 rings (SSSR count). The van der Waals surface area contributed by atoms with Crippen molar-refractivity contribution in [3.05, 3.63) is 59.2 Å². The van der Waals surface area contributed by atoms with Gasteiger partial charge in [-0.2, -0.15) is 0 Å². The number of amides is 3. The standard InChI is InChI=1S/C24H24N2O3/c1-13-6-9-18(10-14(13)2)25-22(27)17-4-3-5-19(12-17)26-23(28)20-15-7-8-16(11-15)21(20)24(26)29/h3-6,9-10,12,15-16,20-21H,7-8,11H2,1-2H3,(H,25,27)/t15-,16+,20-,21+. The van der Waals surface area contributed by atoms with Crippen LogP contribution < -0.4 is 10.2 Å². The summed E-state index contributed by atoms with van der Waals surface area (Å²) in [5.41, 5.74) is 3.92. The quantitative estimate of drug-likeness (QED) is 0.806. The Morgan fingerprint density at radius 2 is 1.62 bits per heavy atom. The van der Waals surface area contributed by atoms with Crippen molar-refractivity contribution in [2.24, 2.45) is 23.7 Å². The van der Waals surface area contributed by atoms with E-state index in [0.29, 0.717) is 23.1 Å². The van der Waals surface area contributed by atoms with Gasteiger partial charge in [-0.1, -0.05) is 12.1 Å². The zero-order chi connectivity index (χ0) is 20.3. The topological polar surface area (TPSA) is 66.5 Å². The second-order valence-corrected chi connectivity index (χ2v) is 8.70. The fourth-order valence-corrected chi connectivity index (χ4v) is 5.47. The summed E-state index contributed by atoms with van der Waals surface area (Å²) in [7, 11) is 0. The maximum absolute atomic E-state index is 13.0. The van der Waals surface area contributed by atoms with Crippen LogP contribution in [0.2, 0.25) is 0 Å². The minimum Gasteiger partial charge on any atom is -0.322 e. The molecule has 3 aliphatic rings. The Labute approximate surface area is 170 Å². The summed E-state index contributed by atoms with van der Waals surface area (Å²) in [5, 5.41) is 2.90. The van der Waals surface area contributed by atoms with Gasteiger partial charge in [0.1, 0.15) is 0 Å². The third-order valence-electron chi connectivity index (χ3n) is 7.06. The van der Waals surface area contributed by atoms with Crippen LogP contribution in [0.5, 0.6) is 0 Å². The lowest BCUT2D eigenvalue weighted by Gasteiger charge is -2.19. The van der Waals surface area contributed by atoms with E-state index in [1.807, 2.05) is 32.0 Å². The van der Waals surface area contributed by atoms with E-state index >= 15 is 0 Å². The maximum atomic E-state index is 13.0. The molecule has 5 heteroatoms. The van der Waals surface area contributed by atoms with E-state index in [2.05, 4.69) is 5.32 Å². The third kappa shape index (κ3) is 2.79. The largest absolute Gasteiger partial charge is 0.322 e. The zero-order valence-electron chi connectivity index (χ0n) is 16.6. The highest BCUT2D eigenvalue weighted by molar-refractivity contribution is 6.23. The first-order chi connectivity index (χ1) is 13.9. The van der Waals surface area contributed by atoms with Gasteiger partial charge in [-0.15, -0.1) is 0 Å². The van der Waals surface area contributed by atoms with E-state index in [0.717, 1.165) is 36.1 Å². The van der Waals surface area contributed by atoms with Gasteiger partial charge in [0.05, 0.1) is 17.5 Å². The number of benzene rings is 2. The Bertz CT molecular complexity index is 1020. The molecule has 3 fully saturated rings. The number of nitrogens with zero attached hydrogens (tertiary/aromatic N) is 1. The van der Waals surface area contributed by atoms with Gasteiger partial charge in [-0.25, -0.2) is 0 Å². The molecule has 1 aliphatic heterocycles. The third-order valence-corrected chi connectivity index (χ3v) is 7.06. The van der Waals surface area contributed by atoms with Crippen molar-refractivity contribution in [3.63, 3.8) is 0 Å². The minimum atomic E-state index is -0.255. The summed E-state index contributed by atoms with van der Waals surface area (Å²) in [6.07, 6.45) is 3.12. The molecule has 2 aromatic carbocycles. The molecular weight excluding hydrogens is 364 g/mol. The van der Waals surface area contributed by atoms with E-state index in [-0.39, 0.29) is 29.6 Å². The molecule has 0 unspecified atom stereocenters. The molecular formula is C24H24N2O3. The molecule has 148 valence electrons. The van der Waals surface area contributed by atoms with Gasteiger partial charge in [0.2, 0.25) is 11.8 Å². The molecule has 0 radical (unpaired) electrons. The van der Waals surface area contributed by atoms with Gasteiger partial charge in [-0.05, 0) is 86.4 Å². The summed E-state index contributed by atoms with van der Waals surface area (Å²) >= 11 is 0. The predicted octanol–water partition coefficient (Wildman–Crippen LogP) is 4.09. The summed E-state index contributed by atoms with van der Waals surface area (Å²) in [5.74, 6) is -0.0405. The number of fused-ring (bicyclic) bond motifs is 5. The van der Waals surface area contributed by atoms with Gasteiger partial charge in [0.15, 0.2) is 0 Å². The molecule has 2 aliphatic carbocycles. The molecule has 2 saturated carbocycles. The Morgan fingerprint density at radius 3 is 2.28 bits per heavy atom. The first-order valence-electron chi connectivity index (χ1n) is 10.3. The van der Waals surface area contributed by atoms with Crippen molar-refractivity contribution in [1.82, 2.24) is 0 Å². The fourth-order valence-electron chi connectivity index (χ4n) is 5.47. The zero-order valence-corrected chi connectivity index (χ0v) is 16.6. The van der Waals surface area contributed by atoms with Crippen LogP contribution in [0.15, 0.2) is 42.5 Å². The highest BCUT2D eigenvalue weighted by Gasteiger charge is 2.61. The van der Waals surface area contributed by atoms with Crippen LogP contribution in [0.25, 0.3) is 0 Å². The second-order valence-electron chi connectivity index (χ2n) is 8.70. The Balaban J connectivity index is 1.40. The van der Waals surface area contributed by atoms with Crippen molar-refractivity contribution >= 4 is 29.1 Å². The molecule has 29 heavy (non-hydrogen) atoms. The predicted molar refractivity (Wildman–Crippen MR) is 111 cm³/mol. The normalized spacial score (nSPS) is 27.4. The lowest BCUT2D eigenvalue weighted by molar-refractivity contribution is -0.123. The number of carbonyl (C=O) groups is 3. The second kappa shape index (κ2) is 6.55. The van der Waals surface area contributed by atoms with Crippen LogP contribution in [-0.2, 0) is 9.59 Å². The number of rotatable bonds is 3. The minimum absolute atomic E-state index is 0.0843. The van der Waals surface area contributed by atoms with Crippen LogP contribution in [0.4, 0.5) is 11.4 Å². The van der Waals surface area contributed by atoms with Crippen LogP contribution >= 0.6 is 0 Å². The van der Waals surface area contributed by atoms with E-state index in [4.69, 9.17) is 0 Å². The fraction of sp³-hybridized carbons (Fsp3) is 0.375. The molecule has 1 saturated heterocycles. The molecule has 0 spiro atoms. The van der Waals surface area contributed by atoms with Gasteiger partial charge in [0, 0.05) is 11.3 Å². The molecule has 1 N–H and O–H groups in total. The molecule has 1 heterocycles. The van der Waals surface area contributed by atoms with Crippen LogP contribution in [0.3, 0.4) is 0 Å². The molecule has 2 aromatic rings.